The van der Waals surface area contributed by atoms with Crippen LogP contribution in [0, 0.1) is 0 Å². The standard InChI is InChI=1S/C12H7F6N3O2S/c13-11(14,15)5-24(23)9-3-8(2-1-7(9)4-22)21-6-19-10(20-21)12(16,17)18/h1-4,6H,5H2. The first kappa shape index (κ1) is 18.3. The summed E-state index contributed by atoms with van der Waals surface area (Å²) in [6.45, 7) is 0. The minimum Gasteiger partial charge on any atom is -0.611 e. The predicted octanol–water partition coefficient (Wildman–Crippen LogP) is 2.77. The molecule has 0 radical (unpaired) electrons. The Morgan fingerprint density at radius 2 is 1.88 bits per heavy atom. The van der Waals surface area contributed by atoms with E-state index < -0.39 is 40.0 Å². The number of benzene rings is 1. The van der Waals surface area contributed by atoms with E-state index in [1.54, 1.807) is 0 Å². The number of nitrogens with zero attached hydrogens (tertiary/aromatic N) is 3. The van der Waals surface area contributed by atoms with Crippen LogP contribution in [0.1, 0.15) is 16.2 Å². The normalized spacial score (nSPS) is 13.8. The SMILES string of the molecule is O=Cc1ccc(-n2cnc(C(F)(F)F)n2)cc1[S+]([O-])CC(F)(F)F. The molecule has 1 atom stereocenters. The molecule has 1 aromatic heterocycles. The average Bonchev–Trinajstić information content (AvgIpc) is 2.94. The van der Waals surface area contributed by atoms with E-state index in [2.05, 4.69) is 10.1 Å². The predicted molar refractivity (Wildman–Crippen MR) is 69.1 cm³/mol. The number of carbonyl (C=O) groups excluding carboxylic acids is 1. The molecule has 12 heteroatoms. The fourth-order valence-corrected chi connectivity index (χ4v) is 2.79. The zero-order chi connectivity index (χ0) is 18.1. The summed E-state index contributed by atoms with van der Waals surface area (Å²) in [5.74, 6) is -3.14. The molecule has 0 spiro atoms. The van der Waals surface area contributed by atoms with Crippen LogP contribution in [0.3, 0.4) is 0 Å². The number of carbonyl (C=O) groups is 1. The van der Waals surface area contributed by atoms with Crippen molar-refractivity contribution < 1.29 is 35.7 Å². The molecule has 0 N–H and O–H groups in total. The molecule has 1 heterocycles. The summed E-state index contributed by atoms with van der Waals surface area (Å²) in [5, 5.41) is 3.15. The van der Waals surface area contributed by atoms with Crippen LogP contribution in [0.5, 0.6) is 0 Å². The van der Waals surface area contributed by atoms with Gasteiger partial charge in [0.15, 0.2) is 11.2 Å². The third-order valence-corrected chi connectivity index (χ3v) is 4.11. The van der Waals surface area contributed by atoms with E-state index in [0.29, 0.717) is 11.0 Å². The topological polar surface area (TPSA) is 70.8 Å². The Labute approximate surface area is 133 Å². The summed E-state index contributed by atoms with van der Waals surface area (Å²) in [6, 6.07) is 3.09. The van der Waals surface area contributed by atoms with Crippen molar-refractivity contribution in [1.82, 2.24) is 14.8 Å². The highest BCUT2D eigenvalue weighted by molar-refractivity contribution is 7.91. The molecule has 0 amide bonds. The number of aromatic nitrogens is 3. The van der Waals surface area contributed by atoms with Crippen LogP contribution in [-0.2, 0) is 17.4 Å². The van der Waals surface area contributed by atoms with Gasteiger partial charge >= 0.3 is 12.4 Å². The number of aldehydes is 1. The molecule has 130 valence electrons. The largest absolute Gasteiger partial charge is 0.611 e. The van der Waals surface area contributed by atoms with Crippen molar-refractivity contribution in [3.8, 4) is 5.69 Å². The first-order valence-electron chi connectivity index (χ1n) is 6.05. The van der Waals surface area contributed by atoms with E-state index in [1.807, 2.05) is 0 Å². The third-order valence-electron chi connectivity index (χ3n) is 2.67. The number of halogens is 6. The van der Waals surface area contributed by atoms with Crippen molar-refractivity contribution in [1.29, 1.82) is 0 Å². The van der Waals surface area contributed by atoms with Crippen molar-refractivity contribution in [2.75, 3.05) is 5.75 Å². The highest BCUT2D eigenvalue weighted by atomic mass is 32.2. The molecule has 0 bridgehead atoms. The molecule has 24 heavy (non-hydrogen) atoms. The van der Waals surface area contributed by atoms with Crippen molar-refractivity contribution >= 4 is 17.5 Å². The second-order valence-electron chi connectivity index (χ2n) is 4.46. The Morgan fingerprint density at radius 3 is 2.38 bits per heavy atom. The first-order chi connectivity index (χ1) is 11.0. The van der Waals surface area contributed by atoms with Gasteiger partial charge in [0.1, 0.15) is 6.33 Å². The fraction of sp³-hybridized carbons (Fsp3) is 0.250. The second-order valence-corrected chi connectivity index (χ2v) is 5.88. The van der Waals surface area contributed by atoms with Gasteiger partial charge in [-0.1, -0.05) is 0 Å². The fourth-order valence-electron chi connectivity index (χ4n) is 1.70. The third kappa shape index (κ3) is 4.26. The lowest BCUT2D eigenvalue weighted by Crippen LogP contribution is -2.24. The van der Waals surface area contributed by atoms with E-state index in [4.69, 9.17) is 0 Å². The van der Waals surface area contributed by atoms with Crippen LogP contribution >= 0.6 is 0 Å². The van der Waals surface area contributed by atoms with Gasteiger partial charge in [0.25, 0.3) is 5.82 Å². The van der Waals surface area contributed by atoms with Crippen LogP contribution in [0.4, 0.5) is 26.3 Å². The van der Waals surface area contributed by atoms with Crippen LogP contribution in [0.15, 0.2) is 29.4 Å². The minimum absolute atomic E-state index is 0.117. The van der Waals surface area contributed by atoms with Crippen LogP contribution in [-0.4, -0.2) is 37.5 Å². The highest BCUT2D eigenvalue weighted by Crippen LogP contribution is 2.28. The summed E-state index contributed by atoms with van der Waals surface area (Å²) in [4.78, 5) is 13.5. The quantitative estimate of drug-likeness (QED) is 0.471. The van der Waals surface area contributed by atoms with Gasteiger partial charge in [0.05, 0.1) is 11.3 Å². The van der Waals surface area contributed by atoms with Gasteiger partial charge in [-0.05, 0) is 23.3 Å². The van der Waals surface area contributed by atoms with Crippen LogP contribution in [0.2, 0.25) is 0 Å². The summed E-state index contributed by atoms with van der Waals surface area (Å²) in [6.07, 6.45) is -8.63. The molecule has 2 rings (SSSR count). The zero-order valence-electron chi connectivity index (χ0n) is 11.4. The summed E-state index contributed by atoms with van der Waals surface area (Å²) in [5.41, 5.74) is -0.383. The van der Waals surface area contributed by atoms with Gasteiger partial charge in [-0.15, -0.1) is 5.10 Å². The highest BCUT2D eigenvalue weighted by Gasteiger charge is 2.37. The maximum absolute atomic E-state index is 12.5. The Bertz CT molecular complexity index is 743. The van der Waals surface area contributed by atoms with E-state index in [0.717, 1.165) is 18.2 Å². The van der Waals surface area contributed by atoms with Gasteiger partial charge < -0.3 is 4.55 Å². The molecule has 0 fully saturated rings. The Morgan fingerprint density at radius 1 is 1.21 bits per heavy atom. The van der Waals surface area contributed by atoms with Crippen molar-refractivity contribution in [3.05, 3.63) is 35.9 Å². The Balaban J connectivity index is 2.41. The average molecular weight is 371 g/mol. The van der Waals surface area contributed by atoms with Crippen LogP contribution < -0.4 is 0 Å². The number of alkyl halides is 6. The monoisotopic (exact) mass is 371 g/mol. The van der Waals surface area contributed by atoms with Crippen molar-refractivity contribution in [2.45, 2.75) is 17.2 Å². The van der Waals surface area contributed by atoms with E-state index in [-0.39, 0.29) is 17.5 Å². The molecule has 0 aliphatic heterocycles. The Kier molecular flexibility index (Phi) is 4.90. The van der Waals surface area contributed by atoms with Gasteiger partial charge in [-0.3, -0.25) is 4.79 Å². The van der Waals surface area contributed by atoms with Crippen molar-refractivity contribution in [2.24, 2.45) is 0 Å². The lowest BCUT2D eigenvalue weighted by Gasteiger charge is -2.14. The molecular formula is C12H7F6N3O2S. The molecule has 0 aliphatic rings. The lowest BCUT2D eigenvalue weighted by molar-refractivity contribution is -0.144. The molecule has 0 saturated carbocycles. The molecule has 0 aliphatic carbocycles. The molecule has 5 nitrogen and oxygen atoms in total. The van der Waals surface area contributed by atoms with Gasteiger partial charge in [0.2, 0.25) is 5.75 Å². The number of hydrogen-bond acceptors (Lipinski definition) is 4. The number of hydrogen-bond donors (Lipinski definition) is 0. The molecule has 1 aromatic carbocycles. The Hall–Kier alpha value is -2.08. The van der Waals surface area contributed by atoms with Crippen molar-refractivity contribution in [3.63, 3.8) is 0 Å². The molecule has 0 saturated heterocycles. The molecule has 1 unspecified atom stereocenters. The zero-order valence-corrected chi connectivity index (χ0v) is 12.2. The summed E-state index contributed by atoms with van der Waals surface area (Å²) >= 11 is -2.60. The van der Waals surface area contributed by atoms with E-state index >= 15 is 0 Å². The van der Waals surface area contributed by atoms with E-state index in [1.165, 1.54) is 0 Å². The minimum atomic E-state index is -4.80. The van der Waals surface area contributed by atoms with Gasteiger partial charge in [-0.25, -0.2) is 9.67 Å². The summed E-state index contributed by atoms with van der Waals surface area (Å²) in [7, 11) is 0. The molecular weight excluding hydrogens is 364 g/mol. The first-order valence-corrected chi connectivity index (χ1v) is 7.37. The number of rotatable bonds is 4. The second kappa shape index (κ2) is 6.43. The summed E-state index contributed by atoms with van der Waals surface area (Å²) < 4.78 is 86.9. The van der Waals surface area contributed by atoms with Gasteiger partial charge in [-0.2, -0.15) is 26.3 Å². The smallest absolute Gasteiger partial charge is 0.453 e. The molecule has 2 aromatic rings. The maximum atomic E-state index is 12.5. The van der Waals surface area contributed by atoms with Crippen LogP contribution in [0.25, 0.3) is 5.69 Å². The maximum Gasteiger partial charge on any atom is 0.453 e. The van der Waals surface area contributed by atoms with E-state index in [9.17, 15) is 35.7 Å². The van der Waals surface area contributed by atoms with Gasteiger partial charge in [0, 0.05) is 6.07 Å². The lowest BCUT2D eigenvalue weighted by atomic mass is 10.2.